The summed E-state index contributed by atoms with van der Waals surface area (Å²) >= 11 is 0. The summed E-state index contributed by atoms with van der Waals surface area (Å²) in [6.45, 7) is 32.4. The molecule has 0 aliphatic heterocycles. The van der Waals surface area contributed by atoms with E-state index < -0.39 is 39.5 Å². The molecule has 18 heteroatoms. The standard InChI is InChI=1S/C51H74N10O6Si2/c1-35(17-16-24-53-49(63)67-51(5,6)7)45-59-44-47(61(45)34-65-26-28-69(11,12)13)55-32-41(57-44)39-22-20-36-29-38(21-19-37(36)30-39)40-31-54-46-43(56-40)58-42(60(46)33-64-25-27-68(8,9)10)18-14-15-23-52-48(62)66-50(2,3)4/h19-22,29-32H,1,14-18,23-28,33-34H2,2-13H3,(H,52,62)(H,53,63). The molecular formula is C51H74N10O6Si2. The normalized spacial score (nSPS) is 12.5. The first-order valence-corrected chi connectivity index (χ1v) is 31.6. The second-order valence-corrected chi connectivity index (χ2v) is 33.4. The van der Waals surface area contributed by atoms with Crippen LogP contribution in [0.5, 0.6) is 0 Å². The van der Waals surface area contributed by atoms with E-state index >= 15 is 0 Å². The highest BCUT2D eigenvalue weighted by atomic mass is 28.3. The number of imidazole rings is 2. The number of allylic oxidation sites excluding steroid dienone is 1. The molecule has 0 radical (unpaired) electrons. The van der Waals surface area contributed by atoms with Crippen molar-refractivity contribution in [1.29, 1.82) is 0 Å². The Hall–Kier alpha value is -5.57. The van der Waals surface area contributed by atoms with Crippen LogP contribution in [0.25, 0.3) is 61.4 Å². The number of hydrogen-bond donors (Lipinski definition) is 2. The SMILES string of the molecule is C=C(CCCNC(=O)OC(C)(C)C)c1nc2nc(-c3ccc4cc(-c5cnc6c(n5)nc(CCCCNC(=O)OC(C)(C)C)n6COCC[Si](C)(C)C)ccc4c3)cnc2n1COCC[Si](C)(C)C. The molecule has 0 unspecified atom stereocenters. The number of alkyl carbamates (subject to hydrolysis) is 2. The van der Waals surface area contributed by atoms with Crippen molar-refractivity contribution >= 4 is 67.3 Å². The number of aryl methyl sites for hydroxylation is 1. The number of unbranched alkanes of at least 4 members (excludes halogenated alkanes) is 1. The van der Waals surface area contributed by atoms with Crippen molar-refractivity contribution in [2.75, 3.05) is 26.3 Å². The number of fused-ring (bicyclic) bond motifs is 3. The lowest BCUT2D eigenvalue weighted by molar-refractivity contribution is 0.0515. The van der Waals surface area contributed by atoms with Crippen molar-refractivity contribution in [1.82, 2.24) is 49.7 Å². The molecule has 0 spiro atoms. The Morgan fingerprint density at radius 2 is 1.12 bits per heavy atom. The molecular weight excluding hydrogens is 905 g/mol. The molecule has 0 fully saturated rings. The van der Waals surface area contributed by atoms with Crippen molar-refractivity contribution in [3.8, 4) is 22.5 Å². The van der Waals surface area contributed by atoms with Gasteiger partial charge in [-0.1, -0.05) is 70.1 Å². The summed E-state index contributed by atoms with van der Waals surface area (Å²) in [6, 6.07) is 14.6. The monoisotopic (exact) mass is 979 g/mol. The van der Waals surface area contributed by atoms with Crippen molar-refractivity contribution in [3.63, 3.8) is 0 Å². The minimum atomic E-state index is -1.30. The third kappa shape index (κ3) is 16.0. The van der Waals surface area contributed by atoms with E-state index in [4.69, 9.17) is 48.9 Å². The maximum atomic E-state index is 12.2. The number of nitrogens with zero attached hydrogens (tertiary/aromatic N) is 8. The van der Waals surface area contributed by atoms with Crippen molar-refractivity contribution in [3.05, 3.63) is 67.0 Å². The number of hydrogen-bond acceptors (Lipinski definition) is 12. The van der Waals surface area contributed by atoms with Crippen LogP contribution in [-0.2, 0) is 38.8 Å². The number of carbonyl (C=O) groups excluding carboxylic acids is 2. The van der Waals surface area contributed by atoms with Crippen molar-refractivity contribution in [2.24, 2.45) is 0 Å². The highest BCUT2D eigenvalue weighted by Crippen LogP contribution is 2.30. The maximum absolute atomic E-state index is 12.2. The summed E-state index contributed by atoms with van der Waals surface area (Å²) in [4.78, 5) is 54.1. The van der Waals surface area contributed by atoms with Gasteiger partial charge in [0.2, 0.25) is 0 Å². The molecule has 16 nitrogen and oxygen atoms in total. The zero-order valence-corrected chi connectivity index (χ0v) is 45.0. The van der Waals surface area contributed by atoms with E-state index in [1.54, 1.807) is 12.4 Å². The van der Waals surface area contributed by atoms with Gasteiger partial charge >= 0.3 is 12.2 Å². The van der Waals surface area contributed by atoms with Gasteiger partial charge in [0.15, 0.2) is 22.6 Å². The minimum absolute atomic E-state index is 0.280. The van der Waals surface area contributed by atoms with Gasteiger partial charge in [-0.15, -0.1) is 0 Å². The Morgan fingerprint density at radius 1 is 0.638 bits per heavy atom. The molecule has 4 heterocycles. The van der Waals surface area contributed by atoms with Crippen LogP contribution in [0.4, 0.5) is 9.59 Å². The number of aromatic nitrogens is 8. The second-order valence-electron chi connectivity index (χ2n) is 22.1. The first kappa shape index (κ1) is 52.8. The smallest absolute Gasteiger partial charge is 0.407 e. The molecule has 0 bridgehead atoms. The van der Waals surface area contributed by atoms with Gasteiger partial charge in [0, 0.05) is 60.0 Å². The largest absolute Gasteiger partial charge is 0.444 e. The lowest BCUT2D eigenvalue weighted by Crippen LogP contribution is -2.33. The number of nitrogens with one attached hydrogen (secondary N) is 2. The van der Waals surface area contributed by atoms with Gasteiger partial charge in [-0.05, 0) is 108 Å². The number of rotatable bonds is 22. The quantitative estimate of drug-likeness (QED) is 0.0486. The van der Waals surface area contributed by atoms with Gasteiger partial charge in [0.05, 0.1) is 23.8 Å². The van der Waals surface area contributed by atoms with Crippen molar-refractivity contribution in [2.45, 2.75) is 150 Å². The second kappa shape index (κ2) is 22.5. The molecule has 0 saturated heterocycles. The number of carbonyl (C=O) groups is 2. The molecule has 2 amide bonds. The van der Waals surface area contributed by atoms with Crippen LogP contribution in [-0.4, -0.2) is 105 Å². The van der Waals surface area contributed by atoms with Crippen LogP contribution < -0.4 is 10.6 Å². The highest BCUT2D eigenvalue weighted by Gasteiger charge is 2.21. The molecule has 4 aromatic heterocycles. The van der Waals surface area contributed by atoms with Crippen LogP contribution in [0.15, 0.2) is 55.4 Å². The Kier molecular flexibility index (Phi) is 17.2. The topological polar surface area (TPSA) is 182 Å². The molecule has 0 saturated carbocycles. The summed E-state index contributed by atoms with van der Waals surface area (Å²) in [5, 5.41) is 7.74. The highest BCUT2D eigenvalue weighted by molar-refractivity contribution is 6.76. The molecule has 2 N–H and O–H groups in total. The number of amides is 2. The Bertz CT molecular complexity index is 2740. The summed E-state index contributed by atoms with van der Waals surface area (Å²) in [5.74, 6) is 1.52. The van der Waals surface area contributed by atoms with Crippen LogP contribution in [0.1, 0.15) is 78.9 Å². The summed E-state index contributed by atoms with van der Waals surface area (Å²) in [5.41, 5.74) is 5.32. The van der Waals surface area contributed by atoms with Gasteiger partial charge in [-0.3, -0.25) is 9.13 Å². The third-order valence-corrected chi connectivity index (χ3v) is 14.4. The molecule has 69 heavy (non-hydrogen) atoms. The predicted octanol–water partition coefficient (Wildman–Crippen LogP) is 11.2. The summed E-state index contributed by atoms with van der Waals surface area (Å²) in [6.07, 6.45) is 6.23. The van der Waals surface area contributed by atoms with Crippen LogP contribution in [0.3, 0.4) is 0 Å². The number of ether oxygens (including phenoxy) is 4. The molecule has 6 rings (SSSR count). The Morgan fingerprint density at radius 3 is 1.62 bits per heavy atom. The zero-order chi connectivity index (χ0) is 50.1. The lowest BCUT2D eigenvalue weighted by atomic mass is 10.0. The first-order valence-electron chi connectivity index (χ1n) is 24.2. The first-order chi connectivity index (χ1) is 32.4. The number of benzene rings is 2. The fourth-order valence-corrected chi connectivity index (χ4v) is 8.82. The Balaban J connectivity index is 1.19. The molecule has 0 aliphatic carbocycles. The summed E-state index contributed by atoms with van der Waals surface area (Å²) in [7, 11) is -2.57. The van der Waals surface area contributed by atoms with Crippen LogP contribution >= 0.6 is 0 Å². The minimum Gasteiger partial charge on any atom is -0.444 e. The summed E-state index contributed by atoms with van der Waals surface area (Å²) < 4.78 is 27.1. The van der Waals surface area contributed by atoms with Gasteiger partial charge in [0.25, 0.3) is 0 Å². The van der Waals surface area contributed by atoms with E-state index in [1.807, 2.05) is 56.7 Å². The van der Waals surface area contributed by atoms with E-state index in [9.17, 15) is 9.59 Å². The molecule has 2 aromatic carbocycles. The predicted molar refractivity (Wildman–Crippen MR) is 280 cm³/mol. The fourth-order valence-electron chi connectivity index (χ4n) is 7.30. The molecule has 0 aliphatic rings. The fraction of sp³-hybridized carbons (Fsp3) is 0.529. The average molecular weight is 979 g/mol. The molecule has 372 valence electrons. The van der Waals surface area contributed by atoms with Crippen LogP contribution in [0, 0.1) is 0 Å². The molecule has 6 aromatic rings. The zero-order valence-electron chi connectivity index (χ0n) is 43.0. The van der Waals surface area contributed by atoms with E-state index in [0.717, 1.165) is 63.9 Å². The van der Waals surface area contributed by atoms with Gasteiger partial charge in [-0.25, -0.2) is 39.5 Å². The molecule has 0 atom stereocenters. The van der Waals surface area contributed by atoms with Gasteiger partial charge in [0.1, 0.15) is 36.3 Å². The lowest BCUT2D eigenvalue weighted by Gasteiger charge is -2.19. The third-order valence-electron chi connectivity index (χ3n) is 11.0. The van der Waals surface area contributed by atoms with E-state index in [0.29, 0.717) is 86.4 Å². The van der Waals surface area contributed by atoms with E-state index in [1.165, 1.54) is 0 Å². The average Bonchev–Trinajstić information content (AvgIpc) is 3.79. The van der Waals surface area contributed by atoms with Crippen molar-refractivity contribution < 1.29 is 28.5 Å². The maximum Gasteiger partial charge on any atom is 0.407 e. The van der Waals surface area contributed by atoms with E-state index in [2.05, 4.69) is 86.8 Å². The Labute approximate surface area is 409 Å². The van der Waals surface area contributed by atoms with Gasteiger partial charge < -0.3 is 29.6 Å². The van der Waals surface area contributed by atoms with Crippen LogP contribution in [0.2, 0.25) is 51.4 Å². The van der Waals surface area contributed by atoms with E-state index in [-0.39, 0.29) is 6.73 Å². The van der Waals surface area contributed by atoms with Gasteiger partial charge in [-0.2, -0.15) is 0 Å².